The van der Waals surface area contributed by atoms with Gasteiger partial charge in [0.05, 0.1) is 0 Å². The lowest BCUT2D eigenvalue weighted by Gasteiger charge is -2.25. The van der Waals surface area contributed by atoms with Crippen molar-refractivity contribution >= 4 is 22.5 Å². The standard InChI is InChI=1S/C20H29N3O/c1-20(2,3)18-14-15-13-16(7-8-17(15)22-18)21-19(24)9-12-23-10-5-4-6-11-23/h7-8,13-14,22H,4-6,9-12H2,1-3H3,(H,21,24). The molecule has 2 aromatic rings. The molecule has 0 aliphatic carbocycles. The molecule has 0 saturated carbocycles. The van der Waals surface area contributed by atoms with E-state index in [0.29, 0.717) is 6.42 Å². The molecule has 0 radical (unpaired) electrons. The summed E-state index contributed by atoms with van der Waals surface area (Å²) in [7, 11) is 0. The molecule has 1 amide bonds. The third kappa shape index (κ3) is 4.18. The Morgan fingerprint density at radius 2 is 1.92 bits per heavy atom. The number of nitrogens with zero attached hydrogens (tertiary/aromatic N) is 1. The second-order valence-corrected chi connectivity index (χ2v) is 7.94. The number of carbonyl (C=O) groups is 1. The van der Waals surface area contributed by atoms with Crippen molar-refractivity contribution in [1.29, 1.82) is 0 Å². The fourth-order valence-electron chi connectivity index (χ4n) is 3.28. The van der Waals surface area contributed by atoms with Crippen LogP contribution < -0.4 is 5.32 Å². The number of rotatable bonds is 4. The number of piperidine rings is 1. The highest BCUT2D eigenvalue weighted by Gasteiger charge is 2.16. The van der Waals surface area contributed by atoms with E-state index in [-0.39, 0.29) is 11.3 Å². The van der Waals surface area contributed by atoms with Gasteiger partial charge in [-0.15, -0.1) is 0 Å². The number of hydrogen-bond donors (Lipinski definition) is 2. The van der Waals surface area contributed by atoms with Gasteiger partial charge in [-0.25, -0.2) is 0 Å². The number of hydrogen-bond acceptors (Lipinski definition) is 2. The number of amides is 1. The van der Waals surface area contributed by atoms with Gasteiger partial charge in [0, 0.05) is 40.7 Å². The number of benzene rings is 1. The number of aromatic nitrogens is 1. The van der Waals surface area contributed by atoms with Crippen LogP contribution in [0.1, 0.15) is 52.1 Å². The van der Waals surface area contributed by atoms with Crippen LogP contribution in [0.15, 0.2) is 24.3 Å². The van der Waals surface area contributed by atoms with Crippen LogP contribution in [0.5, 0.6) is 0 Å². The van der Waals surface area contributed by atoms with Crippen molar-refractivity contribution in [2.45, 2.75) is 51.9 Å². The summed E-state index contributed by atoms with van der Waals surface area (Å²) >= 11 is 0. The number of carbonyl (C=O) groups excluding carboxylic acids is 1. The molecule has 3 rings (SSSR count). The van der Waals surface area contributed by atoms with Gasteiger partial charge in [0.25, 0.3) is 0 Å². The Kier molecular flexibility index (Phi) is 4.95. The SMILES string of the molecule is CC(C)(C)c1cc2cc(NC(=O)CCN3CCCCC3)ccc2[nH]1. The van der Waals surface area contributed by atoms with Crippen molar-refractivity contribution in [2.24, 2.45) is 0 Å². The van der Waals surface area contributed by atoms with Gasteiger partial charge in [-0.05, 0) is 50.2 Å². The van der Waals surface area contributed by atoms with Crippen molar-refractivity contribution in [1.82, 2.24) is 9.88 Å². The molecular weight excluding hydrogens is 298 g/mol. The zero-order valence-electron chi connectivity index (χ0n) is 15.1. The average molecular weight is 327 g/mol. The normalized spacial score (nSPS) is 16.5. The second kappa shape index (κ2) is 6.98. The molecule has 1 fully saturated rings. The lowest BCUT2D eigenvalue weighted by molar-refractivity contribution is -0.116. The first-order valence-corrected chi connectivity index (χ1v) is 9.07. The van der Waals surface area contributed by atoms with E-state index in [1.165, 1.54) is 25.0 Å². The number of likely N-dealkylation sites (tertiary alicyclic amines) is 1. The largest absolute Gasteiger partial charge is 0.358 e. The smallest absolute Gasteiger partial charge is 0.225 e. The topological polar surface area (TPSA) is 48.1 Å². The highest BCUT2D eigenvalue weighted by Crippen LogP contribution is 2.27. The van der Waals surface area contributed by atoms with Gasteiger partial charge in [0.1, 0.15) is 0 Å². The van der Waals surface area contributed by atoms with E-state index in [1.807, 2.05) is 12.1 Å². The summed E-state index contributed by atoms with van der Waals surface area (Å²) in [5.41, 5.74) is 3.31. The first-order valence-electron chi connectivity index (χ1n) is 9.07. The average Bonchev–Trinajstić information content (AvgIpc) is 2.97. The first-order chi connectivity index (χ1) is 11.4. The van der Waals surface area contributed by atoms with Gasteiger partial charge in [-0.2, -0.15) is 0 Å². The van der Waals surface area contributed by atoms with Crippen molar-refractivity contribution < 1.29 is 4.79 Å². The maximum Gasteiger partial charge on any atom is 0.225 e. The molecule has 1 aromatic carbocycles. The predicted molar refractivity (Wildman–Crippen MR) is 101 cm³/mol. The van der Waals surface area contributed by atoms with E-state index in [2.05, 4.69) is 48.1 Å². The molecule has 24 heavy (non-hydrogen) atoms. The maximum atomic E-state index is 12.2. The molecule has 0 unspecified atom stereocenters. The van der Waals surface area contributed by atoms with Crippen LogP contribution in [0.3, 0.4) is 0 Å². The molecule has 4 nitrogen and oxygen atoms in total. The molecule has 1 saturated heterocycles. The Morgan fingerprint density at radius 3 is 2.62 bits per heavy atom. The minimum atomic E-state index is 0.0941. The van der Waals surface area contributed by atoms with Gasteiger partial charge in [0.15, 0.2) is 0 Å². The summed E-state index contributed by atoms with van der Waals surface area (Å²) in [6.07, 6.45) is 4.43. The third-order valence-electron chi connectivity index (χ3n) is 4.82. The summed E-state index contributed by atoms with van der Waals surface area (Å²) in [5, 5.41) is 4.19. The second-order valence-electron chi connectivity index (χ2n) is 7.94. The summed E-state index contributed by atoms with van der Waals surface area (Å²) in [5.74, 6) is 0.103. The van der Waals surface area contributed by atoms with Crippen LogP contribution >= 0.6 is 0 Å². The van der Waals surface area contributed by atoms with E-state index in [1.54, 1.807) is 0 Å². The molecule has 1 aromatic heterocycles. The molecule has 4 heteroatoms. The van der Waals surface area contributed by atoms with E-state index in [9.17, 15) is 4.79 Å². The Balaban J connectivity index is 1.61. The molecule has 2 heterocycles. The quantitative estimate of drug-likeness (QED) is 0.880. The van der Waals surface area contributed by atoms with Crippen LogP contribution in [0, 0.1) is 0 Å². The Labute approximate surface area is 144 Å². The van der Waals surface area contributed by atoms with Crippen molar-refractivity contribution in [3.63, 3.8) is 0 Å². The highest BCUT2D eigenvalue weighted by atomic mass is 16.1. The fraction of sp³-hybridized carbons (Fsp3) is 0.550. The zero-order chi connectivity index (χ0) is 17.2. The van der Waals surface area contributed by atoms with Crippen LogP contribution in [0.25, 0.3) is 10.9 Å². The summed E-state index contributed by atoms with van der Waals surface area (Å²) in [6.45, 7) is 9.73. The van der Waals surface area contributed by atoms with Crippen molar-refractivity contribution in [2.75, 3.05) is 25.0 Å². The van der Waals surface area contributed by atoms with E-state index in [4.69, 9.17) is 0 Å². The molecular formula is C20H29N3O. The highest BCUT2D eigenvalue weighted by molar-refractivity contribution is 5.94. The van der Waals surface area contributed by atoms with Crippen LogP contribution in [-0.2, 0) is 10.2 Å². The van der Waals surface area contributed by atoms with Crippen LogP contribution in [0.2, 0.25) is 0 Å². The van der Waals surface area contributed by atoms with E-state index >= 15 is 0 Å². The Morgan fingerprint density at radius 1 is 1.17 bits per heavy atom. The third-order valence-corrected chi connectivity index (χ3v) is 4.82. The minimum Gasteiger partial charge on any atom is -0.358 e. The molecule has 1 aliphatic heterocycles. The van der Waals surface area contributed by atoms with Crippen LogP contribution in [-0.4, -0.2) is 35.4 Å². The lowest BCUT2D eigenvalue weighted by atomic mass is 9.92. The van der Waals surface area contributed by atoms with Crippen molar-refractivity contribution in [3.8, 4) is 0 Å². The van der Waals surface area contributed by atoms with Crippen LogP contribution in [0.4, 0.5) is 5.69 Å². The van der Waals surface area contributed by atoms with Gasteiger partial charge < -0.3 is 15.2 Å². The minimum absolute atomic E-state index is 0.0941. The van der Waals surface area contributed by atoms with Gasteiger partial charge in [-0.3, -0.25) is 4.79 Å². The van der Waals surface area contributed by atoms with E-state index < -0.39 is 0 Å². The van der Waals surface area contributed by atoms with Gasteiger partial charge in [-0.1, -0.05) is 27.2 Å². The number of anilines is 1. The summed E-state index contributed by atoms with van der Waals surface area (Å²) in [6, 6.07) is 8.26. The molecule has 1 aliphatic rings. The number of nitrogens with one attached hydrogen (secondary N) is 2. The molecule has 130 valence electrons. The first kappa shape index (κ1) is 17.0. The molecule has 0 atom stereocenters. The monoisotopic (exact) mass is 327 g/mol. The Hall–Kier alpha value is -1.81. The van der Waals surface area contributed by atoms with Gasteiger partial charge in [0.2, 0.25) is 5.91 Å². The summed E-state index contributed by atoms with van der Waals surface area (Å²) in [4.78, 5) is 18.1. The lowest BCUT2D eigenvalue weighted by Crippen LogP contribution is -2.32. The maximum absolute atomic E-state index is 12.2. The van der Waals surface area contributed by atoms with Crippen molar-refractivity contribution in [3.05, 3.63) is 30.0 Å². The fourth-order valence-corrected chi connectivity index (χ4v) is 3.28. The zero-order valence-corrected chi connectivity index (χ0v) is 15.1. The predicted octanol–water partition coefficient (Wildman–Crippen LogP) is 4.28. The number of H-pyrrole nitrogens is 1. The number of fused-ring (bicyclic) bond motifs is 1. The molecule has 2 N–H and O–H groups in total. The number of aromatic amines is 1. The van der Waals surface area contributed by atoms with E-state index in [0.717, 1.165) is 36.2 Å². The van der Waals surface area contributed by atoms with Gasteiger partial charge >= 0.3 is 0 Å². The molecule has 0 bridgehead atoms. The summed E-state index contributed by atoms with van der Waals surface area (Å²) < 4.78 is 0. The molecule has 0 spiro atoms. The Bertz CT molecular complexity index is 705.